The molecule has 0 bridgehead atoms. The van der Waals surface area contributed by atoms with Crippen molar-refractivity contribution in [1.29, 1.82) is 0 Å². The largest absolute Gasteiger partial charge is 0.417 e. The van der Waals surface area contributed by atoms with E-state index in [0.29, 0.717) is 0 Å². The van der Waals surface area contributed by atoms with Crippen molar-refractivity contribution in [2.24, 2.45) is 0 Å². The second-order valence-corrected chi connectivity index (χ2v) is 7.00. The van der Waals surface area contributed by atoms with Gasteiger partial charge in [-0.3, -0.25) is 9.20 Å². The summed E-state index contributed by atoms with van der Waals surface area (Å²) in [7, 11) is 0. The molecule has 5 nitrogen and oxygen atoms in total. The summed E-state index contributed by atoms with van der Waals surface area (Å²) in [4.78, 5) is 12.0. The van der Waals surface area contributed by atoms with E-state index in [1.165, 1.54) is 12.1 Å². The lowest BCUT2D eigenvalue weighted by Crippen LogP contribution is -2.15. The highest BCUT2D eigenvalue weighted by molar-refractivity contribution is 7.99. The van der Waals surface area contributed by atoms with Crippen LogP contribution >= 0.6 is 35.0 Å². The van der Waals surface area contributed by atoms with Crippen LogP contribution in [0.3, 0.4) is 0 Å². The van der Waals surface area contributed by atoms with Gasteiger partial charge in [0.05, 0.1) is 22.0 Å². The van der Waals surface area contributed by atoms with Gasteiger partial charge in [0, 0.05) is 11.2 Å². The van der Waals surface area contributed by atoms with Crippen molar-refractivity contribution in [3.63, 3.8) is 0 Å². The van der Waals surface area contributed by atoms with Crippen molar-refractivity contribution in [3.05, 3.63) is 51.9 Å². The molecule has 1 amide bonds. The normalized spacial score (nSPS) is 11.8. The van der Waals surface area contributed by atoms with Gasteiger partial charge >= 0.3 is 6.18 Å². The molecule has 0 saturated carbocycles. The summed E-state index contributed by atoms with van der Waals surface area (Å²) in [5.41, 5.74) is -1.02. The Morgan fingerprint density at radius 1 is 1.22 bits per heavy atom. The molecule has 3 aromatic rings. The highest BCUT2D eigenvalue weighted by atomic mass is 35.5. The number of fused-ring (bicyclic) bond motifs is 1. The number of anilines is 1. The molecule has 0 unspecified atom stereocenters. The molecule has 142 valence electrons. The number of nitrogens with zero attached hydrogens (tertiary/aromatic N) is 3. The lowest BCUT2D eigenvalue weighted by Gasteiger charge is -2.09. The number of nitrogens with one attached hydrogen (secondary N) is 1. The summed E-state index contributed by atoms with van der Waals surface area (Å²) in [6.07, 6.45) is -3.81. The third-order valence-corrected chi connectivity index (χ3v) is 4.75. The van der Waals surface area contributed by atoms with Crippen LogP contribution < -0.4 is 5.32 Å². The van der Waals surface area contributed by atoms with Crippen molar-refractivity contribution in [1.82, 2.24) is 14.6 Å². The lowest BCUT2D eigenvalue weighted by atomic mass is 10.3. The Balaban J connectivity index is 1.76. The van der Waals surface area contributed by atoms with E-state index < -0.39 is 23.5 Å². The van der Waals surface area contributed by atoms with Crippen LogP contribution in [0, 0.1) is 5.82 Å². The summed E-state index contributed by atoms with van der Waals surface area (Å²) in [5, 5.41) is 9.77. The standard InChI is InChI=1S/C15H8Cl2F4N4OS/c16-8-1-2-11(10(18)4-8)22-12(26)6-27-14-24-23-13-9(17)3-7(5-25(13)14)15(19,20)21/h1-5H,6H2,(H,22,26). The molecule has 0 atom stereocenters. The van der Waals surface area contributed by atoms with Crippen LogP contribution in [0.2, 0.25) is 10.0 Å². The molecule has 2 aromatic heterocycles. The zero-order valence-corrected chi connectivity index (χ0v) is 15.3. The summed E-state index contributed by atoms with van der Waals surface area (Å²) in [6.45, 7) is 0. The fourth-order valence-electron chi connectivity index (χ4n) is 2.09. The van der Waals surface area contributed by atoms with Crippen molar-refractivity contribution in [2.75, 3.05) is 11.1 Å². The number of halogens is 6. The number of benzene rings is 1. The van der Waals surface area contributed by atoms with Gasteiger partial charge in [0.1, 0.15) is 5.82 Å². The molecule has 0 radical (unpaired) electrons. The van der Waals surface area contributed by atoms with E-state index in [-0.39, 0.29) is 32.3 Å². The number of carbonyl (C=O) groups excluding carboxylic acids is 1. The first kappa shape index (κ1) is 19.7. The number of alkyl halides is 3. The molecule has 2 heterocycles. The maximum atomic E-state index is 13.7. The molecule has 0 spiro atoms. The Bertz CT molecular complexity index is 1020. The second-order valence-electron chi connectivity index (χ2n) is 5.21. The van der Waals surface area contributed by atoms with E-state index in [4.69, 9.17) is 23.2 Å². The van der Waals surface area contributed by atoms with Gasteiger partial charge in [0.2, 0.25) is 5.91 Å². The zero-order valence-electron chi connectivity index (χ0n) is 13.0. The molecule has 12 heteroatoms. The smallest absolute Gasteiger partial charge is 0.323 e. The predicted molar refractivity (Wildman–Crippen MR) is 93.8 cm³/mol. The summed E-state index contributed by atoms with van der Waals surface area (Å²) in [5.74, 6) is -1.54. The SMILES string of the molecule is O=C(CSc1nnc2c(Cl)cc(C(F)(F)F)cn12)Nc1ccc(Cl)cc1F. The number of hydrogen-bond donors (Lipinski definition) is 1. The Labute approximate surface area is 163 Å². The molecule has 1 aromatic carbocycles. The van der Waals surface area contributed by atoms with E-state index >= 15 is 0 Å². The Hall–Kier alpha value is -2.04. The topological polar surface area (TPSA) is 59.3 Å². The highest BCUT2D eigenvalue weighted by Gasteiger charge is 2.32. The average Bonchev–Trinajstić information content (AvgIpc) is 2.98. The first-order valence-electron chi connectivity index (χ1n) is 7.14. The quantitative estimate of drug-likeness (QED) is 0.463. The minimum Gasteiger partial charge on any atom is -0.323 e. The number of amides is 1. The molecular formula is C15H8Cl2F4N4OS. The third-order valence-electron chi connectivity index (χ3n) is 3.29. The zero-order chi connectivity index (χ0) is 19.8. The van der Waals surface area contributed by atoms with Gasteiger partial charge in [-0.2, -0.15) is 13.2 Å². The van der Waals surface area contributed by atoms with E-state index in [9.17, 15) is 22.4 Å². The second kappa shape index (κ2) is 7.53. The van der Waals surface area contributed by atoms with Crippen LogP contribution in [0.5, 0.6) is 0 Å². The maximum absolute atomic E-state index is 13.7. The number of aromatic nitrogens is 3. The molecule has 0 aliphatic rings. The molecule has 0 aliphatic heterocycles. The maximum Gasteiger partial charge on any atom is 0.417 e. The van der Waals surface area contributed by atoms with Crippen molar-refractivity contribution < 1.29 is 22.4 Å². The number of rotatable bonds is 4. The van der Waals surface area contributed by atoms with Crippen LogP contribution in [0.25, 0.3) is 5.65 Å². The minimum atomic E-state index is -4.60. The van der Waals surface area contributed by atoms with Crippen LogP contribution in [0.1, 0.15) is 5.56 Å². The van der Waals surface area contributed by atoms with Crippen LogP contribution in [0.4, 0.5) is 23.2 Å². The fraction of sp³-hybridized carbons (Fsp3) is 0.133. The molecule has 0 fully saturated rings. The van der Waals surface area contributed by atoms with Crippen molar-refractivity contribution in [2.45, 2.75) is 11.3 Å². The first-order valence-corrected chi connectivity index (χ1v) is 8.88. The molecule has 1 N–H and O–H groups in total. The van der Waals surface area contributed by atoms with Gasteiger partial charge < -0.3 is 5.32 Å². The Kier molecular flexibility index (Phi) is 5.50. The number of carbonyl (C=O) groups is 1. The van der Waals surface area contributed by atoms with E-state index in [2.05, 4.69) is 15.5 Å². The fourth-order valence-corrected chi connectivity index (χ4v) is 3.21. The number of hydrogen-bond acceptors (Lipinski definition) is 4. The molecule has 0 saturated heterocycles. The predicted octanol–water partition coefficient (Wildman–Crippen LogP) is 4.92. The monoisotopic (exact) mass is 438 g/mol. The Morgan fingerprint density at radius 2 is 1.96 bits per heavy atom. The van der Waals surface area contributed by atoms with Crippen molar-refractivity contribution >= 4 is 52.2 Å². The lowest BCUT2D eigenvalue weighted by molar-refractivity contribution is -0.137. The summed E-state index contributed by atoms with van der Waals surface area (Å²) in [6, 6.07) is 4.48. The molecule has 27 heavy (non-hydrogen) atoms. The highest BCUT2D eigenvalue weighted by Crippen LogP contribution is 2.33. The molecule has 0 aliphatic carbocycles. The summed E-state index contributed by atoms with van der Waals surface area (Å²) < 4.78 is 53.5. The molecule has 3 rings (SSSR count). The summed E-state index contributed by atoms with van der Waals surface area (Å²) >= 11 is 12.3. The van der Waals surface area contributed by atoms with E-state index in [1.54, 1.807) is 0 Å². The Morgan fingerprint density at radius 3 is 2.63 bits per heavy atom. The van der Waals surface area contributed by atoms with E-state index in [1.807, 2.05) is 0 Å². The average molecular weight is 439 g/mol. The van der Waals surface area contributed by atoms with Crippen LogP contribution in [-0.4, -0.2) is 26.3 Å². The van der Waals surface area contributed by atoms with Gasteiger partial charge in [-0.05, 0) is 24.3 Å². The van der Waals surface area contributed by atoms with Gasteiger partial charge in [0.15, 0.2) is 10.8 Å². The molecular weight excluding hydrogens is 431 g/mol. The number of pyridine rings is 1. The third kappa shape index (κ3) is 4.45. The van der Waals surface area contributed by atoms with Gasteiger partial charge in [-0.15, -0.1) is 10.2 Å². The van der Waals surface area contributed by atoms with E-state index in [0.717, 1.165) is 34.5 Å². The van der Waals surface area contributed by atoms with Gasteiger partial charge in [-0.1, -0.05) is 35.0 Å². The van der Waals surface area contributed by atoms with Gasteiger partial charge in [-0.25, -0.2) is 4.39 Å². The minimum absolute atomic E-state index is 0.0244. The van der Waals surface area contributed by atoms with Crippen LogP contribution in [-0.2, 0) is 11.0 Å². The first-order chi connectivity index (χ1) is 12.6. The van der Waals surface area contributed by atoms with Gasteiger partial charge in [0.25, 0.3) is 0 Å². The number of thioether (sulfide) groups is 1. The van der Waals surface area contributed by atoms with Crippen LogP contribution in [0.15, 0.2) is 35.6 Å². The van der Waals surface area contributed by atoms with Crippen molar-refractivity contribution in [3.8, 4) is 0 Å².